The summed E-state index contributed by atoms with van der Waals surface area (Å²) in [5, 5.41) is 11.4. The molecule has 1 fully saturated rings. The van der Waals surface area contributed by atoms with Crippen LogP contribution in [0.2, 0.25) is 0 Å². The third-order valence-electron chi connectivity index (χ3n) is 2.78. The summed E-state index contributed by atoms with van der Waals surface area (Å²) in [4.78, 5) is 13.6. The molecule has 5 heteroatoms. The number of carbonyl (C=O) groups excluding carboxylic acids is 1. The molecular weight excluding hydrogens is 302 g/mol. The fraction of sp³-hybridized carbons (Fsp3) is 0.417. The zero-order valence-electron chi connectivity index (χ0n) is 9.30. The number of thiophene rings is 1. The molecule has 92 valence electrons. The maximum Gasteiger partial charge on any atom is 0.246 e. The Hall–Kier alpha value is -0.650. The van der Waals surface area contributed by atoms with Crippen molar-refractivity contribution in [3.05, 3.63) is 26.9 Å². The van der Waals surface area contributed by atoms with Crippen molar-refractivity contribution in [2.24, 2.45) is 0 Å². The zero-order valence-corrected chi connectivity index (χ0v) is 11.7. The molecule has 0 unspecified atom stereocenters. The summed E-state index contributed by atoms with van der Waals surface area (Å²) in [5.41, 5.74) is 1.03. The molecule has 1 aliphatic rings. The van der Waals surface area contributed by atoms with Crippen molar-refractivity contribution in [1.29, 1.82) is 0 Å². The van der Waals surface area contributed by atoms with Gasteiger partial charge in [0.05, 0.1) is 9.89 Å². The lowest BCUT2D eigenvalue weighted by Crippen LogP contribution is -2.39. The minimum Gasteiger partial charge on any atom is -0.393 e. The van der Waals surface area contributed by atoms with Crippen LogP contribution in [-0.2, 0) is 4.79 Å². The Kier molecular flexibility index (Phi) is 4.36. The first-order valence-corrected chi connectivity index (χ1v) is 7.21. The Balaban J connectivity index is 1.90. The van der Waals surface area contributed by atoms with Crippen LogP contribution in [0.25, 0.3) is 6.08 Å². The number of carbonyl (C=O) groups is 1. The molecule has 1 amide bonds. The predicted octanol–water partition coefficient (Wildman–Crippen LogP) is 2.51. The summed E-state index contributed by atoms with van der Waals surface area (Å²) < 4.78 is 1.06. The van der Waals surface area contributed by atoms with Crippen LogP contribution in [0.1, 0.15) is 18.4 Å². The highest BCUT2D eigenvalue weighted by atomic mass is 79.9. The smallest absolute Gasteiger partial charge is 0.246 e. The second-order valence-electron chi connectivity index (χ2n) is 4.07. The molecule has 0 aromatic carbocycles. The molecule has 3 nitrogen and oxygen atoms in total. The number of halogens is 1. The van der Waals surface area contributed by atoms with E-state index in [2.05, 4.69) is 15.9 Å². The summed E-state index contributed by atoms with van der Waals surface area (Å²) in [5.74, 6) is 0.0271. The molecule has 2 rings (SSSR count). The molecule has 1 N–H and O–H groups in total. The van der Waals surface area contributed by atoms with E-state index in [1.165, 1.54) is 0 Å². The van der Waals surface area contributed by atoms with Gasteiger partial charge in [0.1, 0.15) is 0 Å². The molecule has 0 atom stereocenters. The Morgan fingerprint density at radius 2 is 2.24 bits per heavy atom. The predicted molar refractivity (Wildman–Crippen MR) is 72.9 cm³/mol. The Morgan fingerprint density at radius 3 is 2.82 bits per heavy atom. The van der Waals surface area contributed by atoms with Crippen LogP contribution in [0, 0.1) is 0 Å². The molecule has 1 saturated heterocycles. The number of hydrogen-bond donors (Lipinski definition) is 1. The largest absolute Gasteiger partial charge is 0.393 e. The number of piperidine rings is 1. The second-order valence-corrected chi connectivity index (χ2v) is 6.36. The van der Waals surface area contributed by atoms with Crippen LogP contribution in [0.3, 0.4) is 0 Å². The third kappa shape index (κ3) is 3.66. The molecule has 1 aromatic rings. The van der Waals surface area contributed by atoms with Gasteiger partial charge in [-0.25, -0.2) is 0 Å². The van der Waals surface area contributed by atoms with Gasteiger partial charge in [-0.05, 0) is 51.9 Å². The van der Waals surface area contributed by atoms with Gasteiger partial charge in [-0.15, -0.1) is 11.3 Å². The van der Waals surface area contributed by atoms with Crippen LogP contribution in [0.4, 0.5) is 0 Å². The van der Waals surface area contributed by atoms with E-state index in [-0.39, 0.29) is 12.0 Å². The summed E-state index contributed by atoms with van der Waals surface area (Å²) in [7, 11) is 0. The Labute approximate surface area is 113 Å². The first kappa shape index (κ1) is 12.8. The van der Waals surface area contributed by atoms with Gasteiger partial charge in [0.15, 0.2) is 0 Å². The number of nitrogens with zero attached hydrogens (tertiary/aromatic N) is 1. The van der Waals surface area contributed by atoms with Gasteiger partial charge in [0, 0.05) is 19.2 Å². The number of aliphatic hydroxyl groups is 1. The SMILES string of the molecule is O=C(C=Cc1csc(Br)c1)N1CCC(O)CC1. The maximum absolute atomic E-state index is 11.8. The van der Waals surface area contributed by atoms with Crippen LogP contribution in [0.5, 0.6) is 0 Å². The zero-order chi connectivity index (χ0) is 12.3. The average molecular weight is 316 g/mol. The molecule has 0 bridgehead atoms. The molecule has 0 saturated carbocycles. The fourth-order valence-electron chi connectivity index (χ4n) is 1.77. The molecule has 2 heterocycles. The van der Waals surface area contributed by atoms with Gasteiger partial charge in [0.2, 0.25) is 5.91 Å². The van der Waals surface area contributed by atoms with E-state index in [9.17, 15) is 9.90 Å². The van der Waals surface area contributed by atoms with E-state index in [0.29, 0.717) is 25.9 Å². The molecule has 17 heavy (non-hydrogen) atoms. The first-order valence-electron chi connectivity index (χ1n) is 5.54. The van der Waals surface area contributed by atoms with Crippen LogP contribution < -0.4 is 0 Å². The molecule has 1 aliphatic heterocycles. The lowest BCUT2D eigenvalue weighted by atomic mass is 10.1. The normalized spacial score (nSPS) is 17.9. The van der Waals surface area contributed by atoms with Crippen molar-refractivity contribution in [2.75, 3.05) is 13.1 Å². The van der Waals surface area contributed by atoms with Crippen LogP contribution >= 0.6 is 27.3 Å². The number of amides is 1. The van der Waals surface area contributed by atoms with Crippen molar-refractivity contribution >= 4 is 39.2 Å². The maximum atomic E-state index is 11.8. The van der Waals surface area contributed by atoms with Crippen molar-refractivity contribution in [2.45, 2.75) is 18.9 Å². The van der Waals surface area contributed by atoms with E-state index >= 15 is 0 Å². The quantitative estimate of drug-likeness (QED) is 0.852. The van der Waals surface area contributed by atoms with Gasteiger partial charge in [0.25, 0.3) is 0 Å². The van der Waals surface area contributed by atoms with E-state index in [1.807, 2.05) is 17.5 Å². The lowest BCUT2D eigenvalue weighted by Gasteiger charge is -2.28. The van der Waals surface area contributed by atoms with Crippen LogP contribution in [-0.4, -0.2) is 35.1 Å². The van der Waals surface area contributed by atoms with Gasteiger partial charge in [-0.3, -0.25) is 4.79 Å². The van der Waals surface area contributed by atoms with Crippen LogP contribution in [0.15, 0.2) is 21.3 Å². The van der Waals surface area contributed by atoms with E-state index in [0.717, 1.165) is 9.35 Å². The highest BCUT2D eigenvalue weighted by molar-refractivity contribution is 9.11. The minimum absolute atomic E-state index is 0.0271. The summed E-state index contributed by atoms with van der Waals surface area (Å²) in [6, 6.07) is 1.98. The summed E-state index contributed by atoms with van der Waals surface area (Å²) >= 11 is 4.98. The van der Waals surface area contributed by atoms with Crippen molar-refractivity contribution in [3.8, 4) is 0 Å². The standard InChI is InChI=1S/C12H14BrNO2S/c13-11-7-9(8-17-11)1-2-12(16)14-5-3-10(15)4-6-14/h1-2,7-8,10,15H,3-6H2. The number of aliphatic hydroxyl groups excluding tert-OH is 1. The topological polar surface area (TPSA) is 40.5 Å². The van der Waals surface area contributed by atoms with Gasteiger partial charge < -0.3 is 10.0 Å². The molecular formula is C12H14BrNO2S. The van der Waals surface area contributed by atoms with E-state index in [1.54, 1.807) is 22.3 Å². The fourth-order valence-corrected chi connectivity index (χ4v) is 2.91. The lowest BCUT2D eigenvalue weighted by molar-refractivity contribution is -0.127. The molecule has 0 aliphatic carbocycles. The molecule has 1 aromatic heterocycles. The first-order chi connectivity index (χ1) is 8.15. The minimum atomic E-state index is -0.240. The van der Waals surface area contributed by atoms with Gasteiger partial charge in [-0.1, -0.05) is 0 Å². The number of hydrogen-bond acceptors (Lipinski definition) is 3. The Bertz CT molecular complexity index is 422. The Morgan fingerprint density at radius 1 is 1.53 bits per heavy atom. The number of likely N-dealkylation sites (tertiary alicyclic amines) is 1. The summed E-state index contributed by atoms with van der Waals surface area (Å²) in [6.45, 7) is 1.30. The van der Waals surface area contributed by atoms with Crippen molar-refractivity contribution in [3.63, 3.8) is 0 Å². The van der Waals surface area contributed by atoms with Crippen molar-refractivity contribution in [1.82, 2.24) is 4.90 Å². The second kappa shape index (κ2) is 5.80. The van der Waals surface area contributed by atoms with Gasteiger partial charge >= 0.3 is 0 Å². The molecule has 0 spiro atoms. The average Bonchev–Trinajstić information content (AvgIpc) is 2.73. The van der Waals surface area contributed by atoms with E-state index in [4.69, 9.17) is 0 Å². The summed E-state index contributed by atoms with van der Waals surface area (Å²) in [6.07, 6.45) is 4.56. The third-order valence-corrected chi connectivity index (χ3v) is 4.30. The number of rotatable bonds is 2. The highest BCUT2D eigenvalue weighted by Gasteiger charge is 2.19. The van der Waals surface area contributed by atoms with Crippen molar-refractivity contribution < 1.29 is 9.90 Å². The van der Waals surface area contributed by atoms with E-state index < -0.39 is 0 Å². The molecule has 0 radical (unpaired) electrons. The van der Waals surface area contributed by atoms with Gasteiger partial charge in [-0.2, -0.15) is 0 Å². The highest BCUT2D eigenvalue weighted by Crippen LogP contribution is 2.21. The monoisotopic (exact) mass is 315 g/mol.